The van der Waals surface area contributed by atoms with E-state index >= 15 is 0 Å². The smallest absolute Gasteiger partial charge is 0.257 e. The molecule has 0 radical (unpaired) electrons. The lowest BCUT2D eigenvalue weighted by molar-refractivity contribution is 0.0786. The first-order valence-electron chi connectivity index (χ1n) is 7.64. The molecule has 1 aliphatic heterocycles. The number of rotatable bonds is 4. The van der Waals surface area contributed by atoms with Crippen LogP contribution in [0.25, 0.3) is 0 Å². The van der Waals surface area contributed by atoms with Crippen molar-refractivity contribution in [2.24, 2.45) is 5.73 Å². The highest BCUT2D eigenvalue weighted by molar-refractivity contribution is 9.10. The fourth-order valence-corrected chi connectivity index (χ4v) is 3.15. The normalized spacial score (nSPS) is 17.3. The molecule has 1 saturated heterocycles. The van der Waals surface area contributed by atoms with E-state index < -0.39 is 0 Å². The maximum atomic E-state index is 12.7. The van der Waals surface area contributed by atoms with E-state index in [2.05, 4.69) is 15.9 Å². The van der Waals surface area contributed by atoms with Crippen LogP contribution in [0.2, 0.25) is 0 Å². The minimum Gasteiger partial charge on any atom is -0.488 e. The van der Waals surface area contributed by atoms with Crippen LogP contribution < -0.4 is 10.5 Å². The van der Waals surface area contributed by atoms with Gasteiger partial charge in [-0.15, -0.1) is 0 Å². The fourth-order valence-electron chi connectivity index (χ4n) is 2.70. The Balaban J connectivity index is 1.74. The first kappa shape index (κ1) is 16.0. The highest BCUT2D eigenvalue weighted by Gasteiger charge is 2.26. The Morgan fingerprint density at radius 2 is 2.09 bits per heavy atom. The average molecular weight is 375 g/mol. The van der Waals surface area contributed by atoms with Crippen molar-refractivity contribution in [3.8, 4) is 5.75 Å². The number of carbonyl (C=O) groups is 1. The number of likely N-dealkylation sites (tertiary alicyclic amines) is 1. The topological polar surface area (TPSA) is 55.6 Å². The van der Waals surface area contributed by atoms with Crippen molar-refractivity contribution >= 4 is 21.8 Å². The van der Waals surface area contributed by atoms with E-state index in [-0.39, 0.29) is 11.9 Å². The number of carbonyl (C=O) groups excluding carboxylic acids is 1. The van der Waals surface area contributed by atoms with E-state index in [0.717, 1.165) is 16.5 Å². The van der Waals surface area contributed by atoms with Gasteiger partial charge in [0.05, 0.1) is 5.56 Å². The Kier molecular flexibility index (Phi) is 4.98. The van der Waals surface area contributed by atoms with Crippen LogP contribution in [0.1, 0.15) is 22.3 Å². The molecule has 1 atom stereocenters. The molecule has 0 unspecified atom stereocenters. The summed E-state index contributed by atoms with van der Waals surface area (Å²) in [7, 11) is 0. The van der Waals surface area contributed by atoms with Crippen LogP contribution in [0.3, 0.4) is 0 Å². The Bertz CT molecular complexity index is 705. The van der Waals surface area contributed by atoms with Crippen LogP contribution in [-0.4, -0.2) is 29.9 Å². The zero-order valence-corrected chi connectivity index (χ0v) is 14.3. The van der Waals surface area contributed by atoms with Crippen LogP contribution in [0, 0.1) is 0 Å². The number of hydrogen-bond donors (Lipinski definition) is 1. The summed E-state index contributed by atoms with van der Waals surface area (Å²) in [5.74, 6) is 0.598. The number of ether oxygens (including phenoxy) is 1. The maximum absolute atomic E-state index is 12.7. The Morgan fingerprint density at radius 1 is 1.26 bits per heavy atom. The van der Waals surface area contributed by atoms with Crippen molar-refractivity contribution in [3.05, 3.63) is 64.1 Å². The summed E-state index contributed by atoms with van der Waals surface area (Å²) in [5.41, 5.74) is 7.54. The molecule has 3 rings (SSSR count). The number of nitrogens with two attached hydrogens (primary N) is 1. The number of benzene rings is 2. The lowest BCUT2D eigenvalue weighted by Crippen LogP contribution is -2.32. The highest BCUT2D eigenvalue weighted by atomic mass is 79.9. The van der Waals surface area contributed by atoms with E-state index in [9.17, 15) is 4.79 Å². The third kappa shape index (κ3) is 3.92. The summed E-state index contributed by atoms with van der Waals surface area (Å²) < 4.78 is 6.89. The summed E-state index contributed by atoms with van der Waals surface area (Å²) in [4.78, 5) is 14.5. The molecule has 0 aromatic heterocycles. The third-order valence-corrected chi connectivity index (χ3v) is 4.41. The molecule has 1 aliphatic rings. The van der Waals surface area contributed by atoms with Gasteiger partial charge < -0.3 is 15.4 Å². The minimum absolute atomic E-state index is 0.0113. The number of para-hydroxylation sites is 1. The molecule has 0 aliphatic carbocycles. The molecule has 0 spiro atoms. The highest BCUT2D eigenvalue weighted by Crippen LogP contribution is 2.23. The molecule has 1 fully saturated rings. The van der Waals surface area contributed by atoms with E-state index in [1.54, 1.807) is 4.90 Å². The Hall–Kier alpha value is -1.85. The van der Waals surface area contributed by atoms with Gasteiger partial charge in [-0.1, -0.05) is 40.2 Å². The predicted molar refractivity (Wildman–Crippen MR) is 93.4 cm³/mol. The predicted octanol–water partition coefficient (Wildman–Crippen LogP) is 3.20. The van der Waals surface area contributed by atoms with Crippen LogP contribution >= 0.6 is 15.9 Å². The van der Waals surface area contributed by atoms with E-state index in [4.69, 9.17) is 10.5 Å². The van der Waals surface area contributed by atoms with Crippen molar-refractivity contribution in [1.29, 1.82) is 0 Å². The van der Waals surface area contributed by atoms with Crippen molar-refractivity contribution in [1.82, 2.24) is 4.90 Å². The molecule has 120 valence electrons. The van der Waals surface area contributed by atoms with Gasteiger partial charge in [0, 0.05) is 23.6 Å². The molecule has 5 heteroatoms. The second-order valence-corrected chi connectivity index (χ2v) is 6.63. The standard InChI is InChI=1S/C18H19BrN2O2/c19-14-5-3-4-13(10-14)12-23-17-7-2-1-6-16(17)18(22)21-9-8-15(20)11-21/h1-7,10,15H,8-9,11-12,20H2/t15-/m1/s1. The van der Waals surface area contributed by atoms with Gasteiger partial charge in [-0.3, -0.25) is 4.79 Å². The van der Waals surface area contributed by atoms with Crippen LogP contribution in [0.5, 0.6) is 5.75 Å². The van der Waals surface area contributed by atoms with Crippen molar-refractivity contribution in [3.63, 3.8) is 0 Å². The molecule has 2 aromatic carbocycles. The first-order valence-corrected chi connectivity index (χ1v) is 8.44. The second-order valence-electron chi connectivity index (χ2n) is 5.71. The number of nitrogens with zero attached hydrogens (tertiary/aromatic N) is 1. The molecule has 2 aromatic rings. The summed E-state index contributed by atoms with van der Waals surface area (Å²) in [6, 6.07) is 15.4. The third-order valence-electron chi connectivity index (χ3n) is 3.91. The second kappa shape index (κ2) is 7.15. The largest absolute Gasteiger partial charge is 0.488 e. The number of hydrogen-bond acceptors (Lipinski definition) is 3. The minimum atomic E-state index is -0.0113. The molecular formula is C18H19BrN2O2. The fraction of sp³-hybridized carbons (Fsp3) is 0.278. The lowest BCUT2D eigenvalue weighted by atomic mass is 10.1. The zero-order valence-electron chi connectivity index (χ0n) is 12.7. The average Bonchev–Trinajstić information content (AvgIpc) is 2.99. The molecule has 1 amide bonds. The summed E-state index contributed by atoms with van der Waals surface area (Å²) in [6.45, 7) is 1.74. The van der Waals surface area contributed by atoms with Crippen molar-refractivity contribution < 1.29 is 9.53 Å². The Morgan fingerprint density at radius 3 is 2.83 bits per heavy atom. The first-order chi connectivity index (χ1) is 11.1. The van der Waals surface area contributed by atoms with Gasteiger partial charge in [-0.25, -0.2) is 0 Å². The summed E-state index contributed by atoms with van der Waals surface area (Å²) in [5, 5.41) is 0. The van der Waals surface area contributed by atoms with Gasteiger partial charge >= 0.3 is 0 Å². The van der Waals surface area contributed by atoms with Gasteiger partial charge in [0.15, 0.2) is 0 Å². The molecule has 1 heterocycles. The van der Waals surface area contributed by atoms with Crippen LogP contribution in [-0.2, 0) is 6.61 Å². The molecule has 2 N–H and O–H groups in total. The summed E-state index contributed by atoms with van der Waals surface area (Å²) >= 11 is 3.45. The van der Waals surface area contributed by atoms with E-state index in [1.165, 1.54) is 0 Å². The van der Waals surface area contributed by atoms with E-state index in [1.807, 2.05) is 48.5 Å². The quantitative estimate of drug-likeness (QED) is 0.893. The van der Waals surface area contributed by atoms with Crippen LogP contribution in [0.15, 0.2) is 53.0 Å². The number of halogens is 1. The molecule has 23 heavy (non-hydrogen) atoms. The van der Waals surface area contributed by atoms with E-state index in [0.29, 0.717) is 31.0 Å². The SMILES string of the molecule is N[C@@H]1CCN(C(=O)c2ccccc2OCc2cccc(Br)c2)C1. The molecule has 0 bridgehead atoms. The van der Waals surface area contributed by atoms with Crippen molar-refractivity contribution in [2.45, 2.75) is 19.1 Å². The van der Waals surface area contributed by atoms with Gasteiger partial charge in [0.2, 0.25) is 0 Å². The molecular weight excluding hydrogens is 356 g/mol. The van der Waals surface area contributed by atoms with Crippen molar-refractivity contribution in [2.75, 3.05) is 13.1 Å². The van der Waals surface area contributed by atoms with Gasteiger partial charge in [0.1, 0.15) is 12.4 Å². The molecule has 4 nitrogen and oxygen atoms in total. The maximum Gasteiger partial charge on any atom is 0.257 e. The zero-order chi connectivity index (χ0) is 16.2. The van der Waals surface area contributed by atoms with Crippen LogP contribution in [0.4, 0.5) is 0 Å². The monoisotopic (exact) mass is 374 g/mol. The lowest BCUT2D eigenvalue weighted by Gasteiger charge is -2.18. The van der Waals surface area contributed by atoms with Gasteiger partial charge in [-0.2, -0.15) is 0 Å². The number of amides is 1. The summed E-state index contributed by atoms with van der Waals surface area (Å²) in [6.07, 6.45) is 0.854. The van der Waals surface area contributed by atoms with Gasteiger partial charge in [-0.05, 0) is 36.2 Å². The molecule has 0 saturated carbocycles. The Labute approximate surface area is 144 Å². The van der Waals surface area contributed by atoms with Gasteiger partial charge in [0.25, 0.3) is 5.91 Å².